The average Bonchev–Trinajstić information content (AvgIpc) is 2.48. The summed E-state index contributed by atoms with van der Waals surface area (Å²) in [6.45, 7) is 2.13. The molecule has 0 aliphatic rings. The van der Waals surface area contributed by atoms with Crippen LogP contribution in [0.25, 0.3) is 0 Å². The van der Waals surface area contributed by atoms with Crippen LogP contribution >= 0.6 is 23.2 Å². The SMILES string of the molecule is C[C@H](NC(=O)[C@@H](CN)c1ccccc1)c1ccc(Cl)cc1Cl. The summed E-state index contributed by atoms with van der Waals surface area (Å²) in [4.78, 5) is 12.5. The first-order valence-corrected chi connectivity index (χ1v) is 7.79. The van der Waals surface area contributed by atoms with Gasteiger partial charge in [-0.05, 0) is 30.2 Å². The van der Waals surface area contributed by atoms with Gasteiger partial charge in [0, 0.05) is 16.6 Å². The summed E-state index contributed by atoms with van der Waals surface area (Å²) < 4.78 is 0. The van der Waals surface area contributed by atoms with Crippen molar-refractivity contribution in [3.05, 3.63) is 69.7 Å². The van der Waals surface area contributed by atoms with Gasteiger partial charge in [0.25, 0.3) is 0 Å². The van der Waals surface area contributed by atoms with Gasteiger partial charge >= 0.3 is 0 Å². The number of amides is 1. The lowest BCUT2D eigenvalue weighted by atomic mass is 9.97. The molecule has 0 unspecified atom stereocenters. The molecular weight excluding hydrogens is 319 g/mol. The van der Waals surface area contributed by atoms with Crippen LogP contribution in [0.2, 0.25) is 10.0 Å². The van der Waals surface area contributed by atoms with Crippen molar-refractivity contribution in [2.75, 3.05) is 6.54 Å². The van der Waals surface area contributed by atoms with Gasteiger partial charge < -0.3 is 11.1 Å². The molecule has 3 nitrogen and oxygen atoms in total. The van der Waals surface area contributed by atoms with Crippen molar-refractivity contribution in [1.82, 2.24) is 5.32 Å². The van der Waals surface area contributed by atoms with E-state index in [0.29, 0.717) is 10.0 Å². The van der Waals surface area contributed by atoms with Gasteiger partial charge in [-0.25, -0.2) is 0 Å². The normalized spacial score (nSPS) is 13.5. The Bertz CT molecular complexity index is 646. The molecule has 2 aromatic carbocycles. The Labute approximate surface area is 140 Å². The van der Waals surface area contributed by atoms with Crippen LogP contribution in [0.4, 0.5) is 0 Å². The number of hydrogen-bond donors (Lipinski definition) is 2. The Kier molecular flexibility index (Phi) is 5.83. The van der Waals surface area contributed by atoms with Crippen molar-refractivity contribution in [3.8, 4) is 0 Å². The van der Waals surface area contributed by atoms with Gasteiger partial charge in [0.15, 0.2) is 0 Å². The van der Waals surface area contributed by atoms with E-state index < -0.39 is 0 Å². The standard InChI is InChI=1S/C17H18Cl2N2O/c1-11(14-8-7-13(18)9-16(14)19)21-17(22)15(10-20)12-5-3-2-4-6-12/h2-9,11,15H,10,20H2,1H3,(H,21,22)/t11-,15-/m0/s1. The molecule has 0 aliphatic carbocycles. The molecule has 0 fully saturated rings. The maximum atomic E-state index is 12.5. The summed E-state index contributed by atoms with van der Waals surface area (Å²) in [5, 5.41) is 4.06. The summed E-state index contributed by atoms with van der Waals surface area (Å²) in [6, 6.07) is 14.5. The zero-order chi connectivity index (χ0) is 16.1. The highest BCUT2D eigenvalue weighted by molar-refractivity contribution is 6.35. The van der Waals surface area contributed by atoms with Crippen molar-refractivity contribution in [2.24, 2.45) is 5.73 Å². The van der Waals surface area contributed by atoms with E-state index in [2.05, 4.69) is 5.32 Å². The molecule has 2 atom stereocenters. The number of halogens is 2. The van der Waals surface area contributed by atoms with Crippen molar-refractivity contribution in [1.29, 1.82) is 0 Å². The first-order valence-electron chi connectivity index (χ1n) is 7.03. The lowest BCUT2D eigenvalue weighted by Gasteiger charge is -2.20. The van der Waals surface area contributed by atoms with Crippen molar-refractivity contribution in [3.63, 3.8) is 0 Å². The maximum absolute atomic E-state index is 12.5. The minimum Gasteiger partial charge on any atom is -0.349 e. The smallest absolute Gasteiger partial charge is 0.229 e. The fraction of sp³-hybridized carbons (Fsp3) is 0.235. The molecule has 0 aliphatic heterocycles. The highest BCUT2D eigenvalue weighted by Gasteiger charge is 2.21. The largest absolute Gasteiger partial charge is 0.349 e. The minimum atomic E-state index is -0.380. The highest BCUT2D eigenvalue weighted by atomic mass is 35.5. The van der Waals surface area contributed by atoms with E-state index in [1.807, 2.05) is 43.3 Å². The van der Waals surface area contributed by atoms with E-state index >= 15 is 0 Å². The van der Waals surface area contributed by atoms with E-state index in [-0.39, 0.29) is 24.4 Å². The molecule has 0 saturated heterocycles. The quantitative estimate of drug-likeness (QED) is 0.869. The third-order valence-electron chi connectivity index (χ3n) is 3.54. The predicted octanol–water partition coefficient (Wildman–Crippen LogP) is 3.91. The zero-order valence-corrected chi connectivity index (χ0v) is 13.7. The Balaban J connectivity index is 2.13. The van der Waals surface area contributed by atoms with Crippen LogP contribution in [0.15, 0.2) is 48.5 Å². The van der Waals surface area contributed by atoms with Crippen LogP contribution in [-0.4, -0.2) is 12.5 Å². The number of nitrogens with one attached hydrogen (secondary N) is 1. The molecule has 0 bridgehead atoms. The lowest BCUT2D eigenvalue weighted by molar-refractivity contribution is -0.123. The second-order valence-corrected chi connectivity index (χ2v) is 5.94. The van der Waals surface area contributed by atoms with Crippen molar-refractivity contribution in [2.45, 2.75) is 18.9 Å². The molecule has 22 heavy (non-hydrogen) atoms. The molecular formula is C17H18Cl2N2O. The topological polar surface area (TPSA) is 55.1 Å². The van der Waals surface area contributed by atoms with Crippen molar-refractivity contribution >= 4 is 29.1 Å². The van der Waals surface area contributed by atoms with Crippen LogP contribution in [0.1, 0.15) is 30.0 Å². The van der Waals surface area contributed by atoms with E-state index in [9.17, 15) is 4.79 Å². The first-order chi connectivity index (χ1) is 10.5. The van der Waals surface area contributed by atoms with Gasteiger partial charge in [0.05, 0.1) is 12.0 Å². The van der Waals surface area contributed by atoms with Crippen molar-refractivity contribution < 1.29 is 4.79 Å². The zero-order valence-electron chi connectivity index (χ0n) is 12.2. The number of hydrogen-bond acceptors (Lipinski definition) is 2. The highest BCUT2D eigenvalue weighted by Crippen LogP contribution is 2.26. The Morgan fingerprint density at radius 1 is 1.18 bits per heavy atom. The van der Waals surface area contributed by atoms with Crippen LogP contribution in [0.3, 0.4) is 0 Å². The van der Waals surface area contributed by atoms with E-state index in [4.69, 9.17) is 28.9 Å². The fourth-order valence-electron chi connectivity index (χ4n) is 2.32. The Hall–Kier alpha value is -1.55. The van der Waals surface area contributed by atoms with E-state index in [1.54, 1.807) is 12.1 Å². The molecule has 0 aromatic heterocycles. The fourth-order valence-corrected chi connectivity index (χ4v) is 2.90. The lowest BCUT2D eigenvalue weighted by Crippen LogP contribution is -2.35. The molecule has 2 aromatic rings. The van der Waals surface area contributed by atoms with E-state index in [0.717, 1.165) is 11.1 Å². The number of carbonyl (C=O) groups excluding carboxylic acids is 1. The third kappa shape index (κ3) is 4.01. The predicted molar refractivity (Wildman–Crippen MR) is 91.3 cm³/mol. The summed E-state index contributed by atoms with van der Waals surface area (Å²) in [6.07, 6.45) is 0. The van der Waals surface area contributed by atoms with E-state index in [1.165, 1.54) is 0 Å². The summed E-state index contributed by atoms with van der Waals surface area (Å²) in [7, 11) is 0. The number of carbonyl (C=O) groups is 1. The van der Waals surface area contributed by atoms with Gasteiger partial charge in [0.1, 0.15) is 0 Å². The van der Waals surface area contributed by atoms with Gasteiger partial charge in [-0.2, -0.15) is 0 Å². The summed E-state index contributed by atoms with van der Waals surface area (Å²) in [5.74, 6) is -0.498. The Morgan fingerprint density at radius 2 is 1.86 bits per heavy atom. The molecule has 2 rings (SSSR count). The van der Waals surface area contributed by atoms with Crippen LogP contribution in [0.5, 0.6) is 0 Å². The van der Waals surface area contributed by atoms with Crippen LogP contribution in [0, 0.1) is 0 Å². The maximum Gasteiger partial charge on any atom is 0.229 e. The molecule has 0 saturated carbocycles. The van der Waals surface area contributed by atoms with Gasteiger partial charge in [-0.3, -0.25) is 4.79 Å². The van der Waals surface area contributed by atoms with Gasteiger partial charge in [0.2, 0.25) is 5.91 Å². The summed E-state index contributed by atoms with van der Waals surface area (Å²) in [5.41, 5.74) is 7.49. The molecule has 0 radical (unpaired) electrons. The van der Waals surface area contributed by atoms with Gasteiger partial charge in [-0.1, -0.05) is 59.6 Å². The average molecular weight is 337 g/mol. The molecule has 5 heteroatoms. The molecule has 0 spiro atoms. The van der Waals surface area contributed by atoms with Crippen LogP contribution < -0.4 is 11.1 Å². The first kappa shape index (κ1) is 16.8. The van der Waals surface area contributed by atoms with Gasteiger partial charge in [-0.15, -0.1) is 0 Å². The second kappa shape index (κ2) is 7.63. The number of nitrogens with two attached hydrogens (primary N) is 1. The van der Waals surface area contributed by atoms with Crippen LogP contribution in [-0.2, 0) is 4.79 Å². The summed E-state index contributed by atoms with van der Waals surface area (Å²) >= 11 is 12.1. The molecule has 116 valence electrons. The molecule has 3 N–H and O–H groups in total. The monoisotopic (exact) mass is 336 g/mol. The minimum absolute atomic E-state index is 0.118. The number of benzene rings is 2. The molecule has 1 amide bonds. The molecule has 0 heterocycles. The second-order valence-electron chi connectivity index (χ2n) is 5.10. The third-order valence-corrected chi connectivity index (χ3v) is 4.10. The Morgan fingerprint density at radius 3 is 2.45 bits per heavy atom. The number of rotatable bonds is 5.